The van der Waals surface area contributed by atoms with Crippen LogP contribution in [0.5, 0.6) is 0 Å². The Morgan fingerprint density at radius 1 is 1.50 bits per heavy atom. The van der Waals surface area contributed by atoms with Crippen LogP contribution in [0, 0.1) is 16.3 Å². The van der Waals surface area contributed by atoms with Gasteiger partial charge >= 0.3 is 0 Å². The van der Waals surface area contributed by atoms with E-state index in [9.17, 15) is 4.39 Å². The van der Waals surface area contributed by atoms with Gasteiger partial charge in [-0.15, -0.1) is 12.6 Å². The summed E-state index contributed by atoms with van der Waals surface area (Å²) >= 11 is 6.22. The number of rotatable bonds is 0. The molecule has 0 saturated carbocycles. The Labute approximate surface area is 78.4 Å². The largest absolute Gasteiger partial charge is 0.207 e. The van der Waals surface area contributed by atoms with E-state index in [4.69, 9.17) is 0 Å². The van der Waals surface area contributed by atoms with Crippen LogP contribution in [0.25, 0.3) is 0 Å². The van der Waals surface area contributed by atoms with Crippen LogP contribution in [-0.4, -0.2) is 0 Å². The van der Waals surface area contributed by atoms with Gasteiger partial charge in [0.15, 0.2) is 0 Å². The van der Waals surface area contributed by atoms with Crippen molar-refractivity contribution in [3.63, 3.8) is 0 Å². The highest BCUT2D eigenvalue weighted by molar-refractivity contribution is 14.1. The SMILES string of the molecule is Cc1c(F)ccc(S)c1I. The molecular weight excluding hydrogens is 262 g/mol. The summed E-state index contributed by atoms with van der Waals surface area (Å²) in [6.07, 6.45) is 0. The Hall–Kier alpha value is 0.230. The van der Waals surface area contributed by atoms with Crippen LogP contribution in [0.3, 0.4) is 0 Å². The molecule has 1 rings (SSSR count). The van der Waals surface area contributed by atoms with Gasteiger partial charge in [-0.1, -0.05) is 0 Å². The molecule has 3 heteroatoms. The Morgan fingerprint density at radius 3 is 2.60 bits per heavy atom. The fourth-order valence-corrected chi connectivity index (χ4v) is 1.33. The third-order valence-electron chi connectivity index (χ3n) is 1.30. The second-order valence-electron chi connectivity index (χ2n) is 2.01. The smallest absolute Gasteiger partial charge is 0.127 e. The standard InChI is InChI=1S/C7H6FIS/c1-4-5(8)2-3-6(10)7(4)9/h2-3,10H,1H3. The maximum Gasteiger partial charge on any atom is 0.127 e. The Morgan fingerprint density at radius 2 is 2.10 bits per heavy atom. The molecule has 0 bridgehead atoms. The Bertz CT molecular complexity index is 233. The predicted octanol–water partition coefficient (Wildman–Crippen LogP) is 3.03. The minimum atomic E-state index is -0.165. The highest BCUT2D eigenvalue weighted by Gasteiger charge is 2.02. The Balaban J connectivity index is 3.34. The van der Waals surface area contributed by atoms with E-state index >= 15 is 0 Å². The molecule has 0 unspecified atom stereocenters. The summed E-state index contributed by atoms with van der Waals surface area (Å²) in [4.78, 5) is 0.833. The monoisotopic (exact) mass is 268 g/mol. The van der Waals surface area contributed by atoms with Crippen LogP contribution in [0.2, 0.25) is 0 Å². The van der Waals surface area contributed by atoms with Crippen molar-refractivity contribution >= 4 is 35.2 Å². The third kappa shape index (κ3) is 1.45. The van der Waals surface area contributed by atoms with Gasteiger partial charge in [0.05, 0.1) is 0 Å². The zero-order valence-electron chi connectivity index (χ0n) is 5.36. The van der Waals surface area contributed by atoms with Crippen molar-refractivity contribution in [2.24, 2.45) is 0 Å². The molecule has 0 radical (unpaired) electrons. The quantitative estimate of drug-likeness (QED) is 0.542. The van der Waals surface area contributed by atoms with Crippen molar-refractivity contribution in [3.8, 4) is 0 Å². The molecule has 0 N–H and O–H groups in total. The van der Waals surface area contributed by atoms with E-state index in [1.165, 1.54) is 6.07 Å². The number of hydrogen-bond donors (Lipinski definition) is 1. The molecular formula is C7H6FIS. The van der Waals surface area contributed by atoms with Gasteiger partial charge in [-0.25, -0.2) is 4.39 Å². The summed E-state index contributed by atoms with van der Waals surface area (Å²) in [5.74, 6) is -0.165. The normalized spacial score (nSPS) is 10.0. The molecule has 0 aliphatic carbocycles. The molecule has 0 heterocycles. The topological polar surface area (TPSA) is 0 Å². The lowest BCUT2D eigenvalue weighted by Gasteiger charge is -2.01. The first-order valence-electron chi connectivity index (χ1n) is 2.76. The van der Waals surface area contributed by atoms with Crippen molar-refractivity contribution in [2.45, 2.75) is 11.8 Å². The highest BCUT2D eigenvalue weighted by atomic mass is 127. The second kappa shape index (κ2) is 3.09. The second-order valence-corrected chi connectivity index (χ2v) is 3.57. The van der Waals surface area contributed by atoms with Crippen molar-refractivity contribution in [1.82, 2.24) is 0 Å². The molecule has 0 fully saturated rings. The summed E-state index contributed by atoms with van der Waals surface area (Å²) < 4.78 is 13.6. The molecule has 0 nitrogen and oxygen atoms in total. The lowest BCUT2D eigenvalue weighted by atomic mass is 10.2. The first kappa shape index (κ1) is 8.33. The molecule has 0 aliphatic rings. The molecule has 0 saturated heterocycles. The van der Waals surface area contributed by atoms with Crippen molar-refractivity contribution < 1.29 is 4.39 Å². The van der Waals surface area contributed by atoms with Gasteiger partial charge in [-0.2, -0.15) is 0 Å². The minimum Gasteiger partial charge on any atom is -0.207 e. The summed E-state index contributed by atoms with van der Waals surface area (Å²) in [5.41, 5.74) is 0.674. The zero-order chi connectivity index (χ0) is 7.72. The van der Waals surface area contributed by atoms with Crippen molar-refractivity contribution in [1.29, 1.82) is 0 Å². The maximum absolute atomic E-state index is 12.7. The number of hydrogen-bond acceptors (Lipinski definition) is 1. The first-order chi connectivity index (χ1) is 4.63. The van der Waals surface area contributed by atoms with E-state index in [2.05, 4.69) is 35.2 Å². The van der Waals surface area contributed by atoms with E-state index in [1.807, 2.05) is 0 Å². The summed E-state index contributed by atoms with van der Waals surface area (Å²) in [6.45, 7) is 1.75. The van der Waals surface area contributed by atoms with Crippen LogP contribution in [0.1, 0.15) is 5.56 Å². The predicted molar refractivity (Wildman–Crippen MR) is 51.1 cm³/mol. The summed E-state index contributed by atoms with van der Waals surface area (Å²) in [6, 6.07) is 3.09. The number of halogens is 2. The maximum atomic E-state index is 12.7. The third-order valence-corrected chi connectivity index (χ3v) is 3.49. The molecule has 0 aliphatic heterocycles. The average molecular weight is 268 g/mol. The summed E-state index contributed by atoms with van der Waals surface area (Å²) in [7, 11) is 0. The van der Waals surface area contributed by atoms with Crippen LogP contribution < -0.4 is 0 Å². The van der Waals surface area contributed by atoms with Crippen molar-refractivity contribution in [3.05, 3.63) is 27.1 Å². The fraction of sp³-hybridized carbons (Fsp3) is 0.143. The van der Waals surface area contributed by atoms with E-state index in [0.717, 1.165) is 8.47 Å². The van der Waals surface area contributed by atoms with E-state index in [1.54, 1.807) is 13.0 Å². The zero-order valence-corrected chi connectivity index (χ0v) is 8.41. The molecule has 1 aromatic rings. The van der Waals surface area contributed by atoms with Gasteiger partial charge in [0.2, 0.25) is 0 Å². The molecule has 0 amide bonds. The minimum absolute atomic E-state index is 0.165. The number of benzene rings is 1. The van der Waals surface area contributed by atoms with E-state index in [0.29, 0.717) is 5.56 Å². The van der Waals surface area contributed by atoms with Gasteiger partial charge in [0.25, 0.3) is 0 Å². The molecule has 0 spiro atoms. The molecule has 0 atom stereocenters. The van der Waals surface area contributed by atoms with Gasteiger partial charge in [-0.3, -0.25) is 0 Å². The lowest BCUT2D eigenvalue weighted by Crippen LogP contribution is -1.87. The van der Waals surface area contributed by atoms with Crippen LogP contribution in [0.15, 0.2) is 17.0 Å². The number of thiol groups is 1. The average Bonchev–Trinajstić information content (AvgIpc) is 1.93. The van der Waals surface area contributed by atoms with Crippen LogP contribution >= 0.6 is 35.2 Å². The highest BCUT2D eigenvalue weighted by Crippen LogP contribution is 2.21. The molecule has 54 valence electrons. The van der Waals surface area contributed by atoms with Gasteiger partial charge in [0.1, 0.15) is 5.82 Å². The van der Waals surface area contributed by atoms with Gasteiger partial charge < -0.3 is 0 Å². The van der Waals surface area contributed by atoms with Gasteiger partial charge in [-0.05, 0) is 47.2 Å². The fourth-order valence-electron chi connectivity index (χ4n) is 0.647. The molecule has 10 heavy (non-hydrogen) atoms. The lowest BCUT2D eigenvalue weighted by molar-refractivity contribution is 0.615. The van der Waals surface area contributed by atoms with Crippen molar-refractivity contribution in [2.75, 3.05) is 0 Å². The van der Waals surface area contributed by atoms with Crippen LogP contribution in [0.4, 0.5) is 4.39 Å². The van der Waals surface area contributed by atoms with Gasteiger partial charge in [0, 0.05) is 8.47 Å². The first-order valence-corrected chi connectivity index (χ1v) is 4.29. The molecule has 1 aromatic carbocycles. The van der Waals surface area contributed by atoms with Crippen LogP contribution in [-0.2, 0) is 0 Å². The summed E-state index contributed by atoms with van der Waals surface area (Å²) in [5, 5.41) is 0. The molecule has 0 aromatic heterocycles. The van der Waals surface area contributed by atoms with E-state index < -0.39 is 0 Å². The Kier molecular flexibility index (Phi) is 2.57. The van der Waals surface area contributed by atoms with E-state index in [-0.39, 0.29) is 5.82 Å².